The molecule has 0 atom stereocenters. The van der Waals surface area contributed by atoms with Gasteiger partial charge in [-0.15, -0.1) is 0 Å². The van der Waals surface area contributed by atoms with Crippen molar-refractivity contribution in [2.75, 3.05) is 12.4 Å². The van der Waals surface area contributed by atoms with E-state index in [4.69, 9.17) is 14.7 Å². The van der Waals surface area contributed by atoms with Gasteiger partial charge in [-0.1, -0.05) is 26.0 Å². The van der Waals surface area contributed by atoms with E-state index in [2.05, 4.69) is 25.2 Å². The number of carbonyl (C=O) groups excluding carboxylic acids is 1. The molecular weight excluding hydrogens is 390 g/mol. The van der Waals surface area contributed by atoms with Crippen LogP contribution in [0.4, 0.5) is 5.82 Å². The topological polar surface area (TPSA) is 84.3 Å². The number of hydrogen-bond donors (Lipinski definition) is 2. The minimum atomic E-state index is -0.147. The molecule has 160 valence electrons. The minimum absolute atomic E-state index is 0.147. The minimum Gasteiger partial charge on any atom is -0.508 e. The van der Waals surface area contributed by atoms with Gasteiger partial charge < -0.3 is 15.2 Å². The summed E-state index contributed by atoms with van der Waals surface area (Å²) in [5, 5.41) is 12.4. The Morgan fingerprint density at radius 3 is 2.61 bits per heavy atom. The van der Waals surface area contributed by atoms with Crippen LogP contribution in [0.1, 0.15) is 36.4 Å². The lowest BCUT2D eigenvalue weighted by molar-refractivity contribution is -0.115. The number of nitrogens with zero attached hydrogens (tertiary/aromatic N) is 2. The van der Waals surface area contributed by atoms with Gasteiger partial charge in [0.05, 0.1) is 30.6 Å². The number of phenolic OH excluding ortho intramolecular Hbond substituents is 1. The van der Waals surface area contributed by atoms with Gasteiger partial charge in [-0.25, -0.2) is 9.97 Å². The molecule has 0 spiro atoms. The molecule has 6 nitrogen and oxygen atoms in total. The van der Waals surface area contributed by atoms with Crippen LogP contribution in [0.25, 0.3) is 11.3 Å². The molecule has 4 rings (SSSR count). The van der Waals surface area contributed by atoms with Gasteiger partial charge in [-0.3, -0.25) is 4.79 Å². The molecule has 2 aromatic carbocycles. The number of hydrogen-bond acceptors (Lipinski definition) is 5. The lowest BCUT2D eigenvalue weighted by Gasteiger charge is -2.22. The van der Waals surface area contributed by atoms with Gasteiger partial charge >= 0.3 is 0 Å². The van der Waals surface area contributed by atoms with Crippen LogP contribution in [0.15, 0.2) is 42.5 Å². The van der Waals surface area contributed by atoms with E-state index in [1.54, 1.807) is 31.4 Å². The Bertz CT molecular complexity index is 1110. The van der Waals surface area contributed by atoms with Crippen LogP contribution in [0.3, 0.4) is 0 Å². The van der Waals surface area contributed by atoms with Crippen LogP contribution in [0.5, 0.6) is 11.5 Å². The zero-order valence-electron chi connectivity index (χ0n) is 18.1. The Morgan fingerprint density at radius 2 is 1.90 bits per heavy atom. The van der Waals surface area contributed by atoms with Gasteiger partial charge in [0.15, 0.2) is 5.82 Å². The van der Waals surface area contributed by atoms with Crippen LogP contribution >= 0.6 is 0 Å². The Morgan fingerprint density at radius 1 is 1.13 bits per heavy atom. The highest BCUT2D eigenvalue weighted by atomic mass is 16.5. The second kappa shape index (κ2) is 8.76. The predicted molar refractivity (Wildman–Crippen MR) is 120 cm³/mol. The van der Waals surface area contributed by atoms with Crippen molar-refractivity contribution in [2.45, 2.75) is 39.5 Å². The summed E-state index contributed by atoms with van der Waals surface area (Å²) in [4.78, 5) is 22.5. The first kappa shape index (κ1) is 20.8. The number of ether oxygens (including phenoxy) is 1. The second-order valence-corrected chi connectivity index (χ2v) is 8.33. The first-order chi connectivity index (χ1) is 14.9. The fraction of sp³-hybridized carbons (Fsp3) is 0.320. The number of phenols is 1. The van der Waals surface area contributed by atoms with E-state index in [0.717, 1.165) is 53.2 Å². The summed E-state index contributed by atoms with van der Waals surface area (Å²) in [5.41, 5.74) is 5.73. The summed E-state index contributed by atoms with van der Waals surface area (Å²) in [6.45, 7) is 4.25. The maximum atomic E-state index is 12.7. The average Bonchev–Trinajstić information content (AvgIpc) is 2.75. The maximum Gasteiger partial charge on any atom is 0.229 e. The number of benzene rings is 2. The number of fused-ring (bicyclic) bond motifs is 3. The molecule has 0 saturated heterocycles. The van der Waals surface area contributed by atoms with Crippen molar-refractivity contribution >= 4 is 11.7 Å². The first-order valence-corrected chi connectivity index (χ1v) is 10.6. The third-order valence-corrected chi connectivity index (χ3v) is 5.40. The average molecular weight is 418 g/mol. The molecule has 1 aliphatic rings. The number of nitrogens with one attached hydrogen (secondary N) is 1. The number of carbonyl (C=O) groups is 1. The van der Waals surface area contributed by atoms with E-state index in [0.29, 0.717) is 11.7 Å². The molecule has 1 aliphatic carbocycles. The molecule has 1 aromatic heterocycles. The van der Waals surface area contributed by atoms with Crippen molar-refractivity contribution in [3.05, 3.63) is 65.0 Å². The normalized spacial score (nSPS) is 12.3. The number of rotatable bonds is 6. The Labute approximate surface area is 182 Å². The van der Waals surface area contributed by atoms with Crippen molar-refractivity contribution in [3.8, 4) is 22.8 Å². The summed E-state index contributed by atoms with van der Waals surface area (Å²) in [6, 6.07) is 12.7. The molecule has 0 saturated carbocycles. The molecule has 0 fully saturated rings. The first-order valence-electron chi connectivity index (χ1n) is 10.6. The van der Waals surface area contributed by atoms with Crippen LogP contribution in [0.2, 0.25) is 0 Å². The highest BCUT2D eigenvalue weighted by Gasteiger charge is 2.23. The molecule has 3 aromatic rings. The van der Waals surface area contributed by atoms with Crippen molar-refractivity contribution in [1.29, 1.82) is 0 Å². The van der Waals surface area contributed by atoms with Crippen LogP contribution < -0.4 is 10.1 Å². The summed E-state index contributed by atoms with van der Waals surface area (Å²) < 4.78 is 5.37. The highest BCUT2D eigenvalue weighted by molar-refractivity contribution is 5.92. The summed E-state index contributed by atoms with van der Waals surface area (Å²) >= 11 is 0. The lowest BCUT2D eigenvalue weighted by Crippen LogP contribution is -2.20. The third kappa shape index (κ3) is 4.68. The van der Waals surface area contributed by atoms with E-state index in [-0.39, 0.29) is 18.1 Å². The van der Waals surface area contributed by atoms with Crippen molar-refractivity contribution < 1.29 is 14.6 Å². The molecule has 6 heteroatoms. The zero-order chi connectivity index (χ0) is 22.0. The van der Waals surface area contributed by atoms with Gasteiger partial charge in [-0.05, 0) is 66.6 Å². The zero-order valence-corrected chi connectivity index (χ0v) is 18.1. The second-order valence-electron chi connectivity index (χ2n) is 8.33. The highest BCUT2D eigenvalue weighted by Crippen LogP contribution is 2.35. The van der Waals surface area contributed by atoms with E-state index in [1.807, 2.05) is 12.1 Å². The number of methoxy groups -OCH3 is 1. The van der Waals surface area contributed by atoms with Gasteiger partial charge in [0.25, 0.3) is 0 Å². The molecule has 1 heterocycles. The number of aromatic hydroxyl groups is 1. The summed E-state index contributed by atoms with van der Waals surface area (Å²) in [5.74, 6) is 1.80. The van der Waals surface area contributed by atoms with Gasteiger partial charge in [-0.2, -0.15) is 0 Å². The van der Waals surface area contributed by atoms with Crippen LogP contribution in [-0.4, -0.2) is 28.1 Å². The molecule has 1 amide bonds. The van der Waals surface area contributed by atoms with Gasteiger partial charge in [0, 0.05) is 5.56 Å². The predicted octanol–water partition coefficient (Wildman–Crippen LogP) is 4.34. The quantitative estimate of drug-likeness (QED) is 0.623. The van der Waals surface area contributed by atoms with Crippen molar-refractivity contribution in [3.63, 3.8) is 0 Å². The van der Waals surface area contributed by atoms with E-state index >= 15 is 0 Å². The molecule has 31 heavy (non-hydrogen) atoms. The van der Waals surface area contributed by atoms with Crippen molar-refractivity contribution in [1.82, 2.24) is 9.97 Å². The Balaban J connectivity index is 1.65. The number of anilines is 1. The molecule has 2 N–H and O–H groups in total. The summed E-state index contributed by atoms with van der Waals surface area (Å²) in [6.07, 6.45) is 2.56. The Hall–Kier alpha value is -3.41. The molecule has 0 unspecified atom stereocenters. The number of aromatic nitrogens is 2. The molecular formula is C25H27N3O3. The third-order valence-electron chi connectivity index (χ3n) is 5.40. The standard InChI is InChI=1S/C25H27N3O3/c1-15(2)12-22-25(28-23(30)13-16-4-7-18(29)8-5-16)27-21-11-6-17-14-19(31-3)9-10-20(17)24(21)26-22/h4-5,7-10,14-15,29H,6,11-13H2,1-3H3,(H,27,28,30). The number of aryl methyl sites for hydroxylation is 2. The monoisotopic (exact) mass is 417 g/mol. The number of amides is 1. The van der Waals surface area contributed by atoms with Crippen LogP contribution in [-0.2, 0) is 30.5 Å². The van der Waals surface area contributed by atoms with E-state index in [1.165, 1.54) is 5.56 Å². The fourth-order valence-electron chi connectivity index (χ4n) is 3.89. The lowest BCUT2D eigenvalue weighted by atomic mass is 9.91. The molecule has 0 aliphatic heterocycles. The van der Waals surface area contributed by atoms with Gasteiger partial charge in [0.2, 0.25) is 5.91 Å². The maximum absolute atomic E-state index is 12.7. The fourth-order valence-corrected chi connectivity index (χ4v) is 3.89. The van der Waals surface area contributed by atoms with E-state index < -0.39 is 0 Å². The summed E-state index contributed by atoms with van der Waals surface area (Å²) in [7, 11) is 1.67. The van der Waals surface area contributed by atoms with Crippen LogP contribution in [0, 0.1) is 5.92 Å². The molecule has 0 bridgehead atoms. The largest absolute Gasteiger partial charge is 0.508 e. The van der Waals surface area contributed by atoms with Crippen molar-refractivity contribution in [2.24, 2.45) is 5.92 Å². The van der Waals surface area contributed by atoms with E-state index in [9.17, 15) is 9.90 Å². The Kier molecular flexibility index (Phi) is 5.89. The van der Waals surface area contributed by atoms with Gasteiger partial charge in [0.1, 0.15) is 11.5 Å². The smallest absolute Gasteiger partial charge is 0.229 e. The molecule has 0 radical (unpaired) electrons. The SMILES string of the molecule is COc1ccc2c(c1)CCc1nc(NC(=O)Cc3ccc(O)cc3)c(CC(C)C)nc1-2.